The van der Waals surface area contributed by atoms with E-state index in [4.69, 9.17) is 14.5 Å². The van der Waals surface area contributed by atoms with Crippen LogP contribution in [-0.2, 0) is 0 Å². The Morgan fingerprint density at radius 2 is 1.62 bits per heavy atom. The Hall–Kier alpha value is -3.01. The molecule has 1 aliphatic heterocycles. The standard InChI is InChI=1S/C20H18N2O2/c1-22-16-9-5-7-13-6-4-8-15(19(13)16)21-20(22)14-10-11-17(23-2)18(12-14)24-3/h4-12H,1-3H3. The lowest BCUT2D eigenvalue weighted by atomic mass is 10.0. The van der Waals surface area contributed by atoms with Crippen LogP contribution in [-0.4, -0.2) is 27.1 Å². The molecule has 3 aromatic carbocycles. The lowest BCUT2D eigenvalue weighted by Crippen LogP contribution is -2.29. The highest BCUT2D eigenvalue weighted by Crippen LogP contribution is 2.39. The first-order valence-electron chi connectivity index (χ1n) is 7.79. The first-order valence-corrected chi connectivity index (χ1v) is 7.79. The molecule has 0 unspecified atom stereocenters. The van der Waals surface area contributed by atoms with Gasteiger partial charge in [0.05, 0.1) is 25.6 Å². The van der Waals surface area contributed by atoms with Crippen molar-refractivity contribution in [1.29, 1.82) is 0 Å². The summed E-state index contributed by atoms with van der Waals surface area (Å²) in [5, 5.41) is 2.39. The number of ether oxygens (including phenoxy) is 2. The smallest absolute Gasteiger partial charge is 0.161 e. The van der Waals surface area contributed by atoms with E-state index in [9.17, 15) is 0 Å². The maximum absolute atomic E-state index is 5.43. The number of rotatable bonds is 3. The van der Waals surface area contributed by atoms with Gasteiger partial charge in [0.1, 0.15) is 5.84 Å². The lowest BCUT2D eigenvalue weighted by molar-refractivity contribution is 0.355. The van der Waals surface area contributed by atoms with Crippen molar-refractivity contribution in [3.63, 3.8) is 0 Å². The summed E-state index contributed by atoms with van der Waals surface area (Å²) in [4.78, 5) is 7.01. The monoisotopic (exact) mass is 318 g/mol. The van der Waals surface area contributed by atoms with E-state index in [2.05, 4.69) is 35.2 Å². The molecule has 4 nitrogen and oxygen atoms in total. The highest BCUT2D eigenvalue weighted by Gasteiger charge is 2.21. The summed E-state index contributed by atoms with van der Waals surface area (Å²) in [6, 6.07) is 18.4. The molecule has 4 rings (SSSR count). The molecule has 0 saturated heterocycles. The summed E-state index contributed by atoms with van der Waals surface area (Å²) < 4.78 is 10.8. The van der Waals surface area contributed by atoms with E-state index in [0.29, 0.717) is 11.5 Å². The van der Waals surface area contributed by atoms with Crippen LogP contribution in [0.15, 0.2) is 59.6 Å². The van der Waals surface area contributed by atoms with Gasteiger partial charge in [-0.3, -0.25) is 0 Å². The minimum absolute atomic E-state index is 0.697. The summed E-state index contributed by atoms with van der Waals surface area (Å²) in [5.41, 5.74) is 3.13. The molecule has 24 heavy (non-hydrogen) atoms. The lowest BCUT2D eigenvalue weighted by Gasteiger charge is -2.28. The average molecular weight is 318 g/mol. The number of anilines is 1. The molecule has 4 heteroatoms. The van der Waals surface area contributed by atoms with Gasteiger partial charge in [-0.25, -0.2) is 4.99 Å². The molecule has 0 saturated carbocycles. The molecule has 0 bridgehead atoms. The van der Waals surface area contributed by atoms with E-state index >= 15 is 0 Å². The van der Waals surface area contributed by atoms with Crippen molar-refractivity contribution in [3.05, 3.63) is 60.2 Å². The molecule has 120 valence electrons. The van der Waals surface area contributed by atoms with Crippen LogP contribution in [0.2, 0.25) is 0 Å². The van der Waals surface area contributed by atoms with E-state index in [0.717, 1.165) is 22.8 Å². The van der Waals surface area contributed by atoms with Gasteiger partial charge < -0.3 is 14.4 Å². The highest BCUT2D eigenvalue weighted by atomic mass is 16.5. The van der Waals surface area contributed by atoms with Gasteiger partial charge in [-0.05, 0) is 35.7 Å². The molecular weight excluding hydrogens is 300 g/mol. The average Bonchev–Trinajstić information content (AvgIpc) is 2.64. The molecule has 0 atom stereocenters. The largest absolute Gasteiger partial charge is 0.493 e. The van der Waals surface area contributed by atoms with Crippen LogP contribution in [0.25, 0.3) is 10.8 Å². The number of aliphatic imine (C=N–C) groups is 1. The Bertz CT molecular complexity index is 958. The van der Waals surface area contributed by atoms with Gasteiger partial charge in [-0.15, -0.1) is 0 Å². The molecule has 0 aliphatic carbocycles. The second kappa shape index (κ2) is 5.57. The van der Waals surface area contributed by atoms with Crippen LogP contribution >= 0.6 is 0 Å². The Morgan fingerprint density at radius 1 is 0.875 bits per heavy atom. The number of methoxy groups -OCH3 is 2. The summed E-state index contributed by atoms with van der Waals surface area (Å²) >= 11 is 0. The summed E-state index contributed by atoms with van der Waals surface area (Å²) in [7, 11) is 5.32. The topological polar surface area (TPSA) is 34.1 Å². The van der Waals surface area contributed by atoms with Crippen LogP contribution in [0.5, 0.6) is 11.5 Å². The summed E-state index contributed by atoms with van der Waals surface area (Å²) in [5.74, 6) is 2.30. The van der Waals surface area contributed by atoms with Gasteiger partial charge in [-0.1, -0.05) is 24.3 Å². The van der Waals surface area contributed by atoms with Crippen molar-refractivity contribution in [1.82, 2.24) is 0 Å². The van der Waals surface area contributed by atoms with Crippen LogP contribution in [0.4, 0.5) is 11.4 Å². The molecular formula is C20H18N2O2. The summed E-state index contributed by atoms with van der Waals surface area (Å²) in [6.07, 6.45) is 0. The quantitative estimate of drug-likeness (QED) is 0.718. The van der Waals surface area contributed by atoms with Gasteiger partial charge in [0.2, 0.25) is 0 Å². The molecule has 1 aliphatic rings. The van der Waals surface area contributed by atoms with Gasteiger partial charge in [0.25, 0.3) is 0 Å². The first-order chi connectivity index (χ1) is 11.7. The zero-order valence-corrected chi connectivity index (χ0v) is 13.9. The molecule has 3 aromatic rings. The van der Waals surface area contributed by atoms with E-state index in [1.807, 2.05) is 31.3 Å². The fourth-order valence-electron chi connectivity index (χ4n) is 3.21. The number of nitrogens with zero attached hydrogens (tertiary/aromatic N) is 2. The minimum Gasteiger partial charge on any atom is -0.493 e. The van der Waals surface area contributed by atoms with Crippen molar-refractivity contribution >= 4 is 28.0 Å². The number of hydrogen-bond acceptors (Lipinski definition) is 4. The zero-order chi connectivity index (χ0) is 16.7. The zero-order valence-electron chi connectivity index (χ0n) is 13.9. The second-order valence-corrected chi connectivity index (χ2v) is 5.72. The van der Waals surface area contributed by atoms with Crippen LogP contribution in [0, 0.1) is 0 Å². The fourth-order valence-corrected chi connectivity index (χ4v) is 3.21. The third-order valence-electron chi connectivity index (χ3n) is 4.41. The third-order valence-corrected chi connectivity index (χ3v) is 4.41. The van der Waals surface area contributed by atoms with E-state index in [1.54, 1.807) is 14.2 Å². The number of hydrogen-bond donors (Lipinski definition) is 0. The van der Waals surface area contributed by atoms with E-state index < -0.39 is 0 Å². The first kappa shape index (κ1) is 14.6. The molecule has 0 radical (unpaired) electrons. The third kappa shape index (κ3) is 2.11. The molecule has 1 heterocycles. The van der Waals surface area contributed by atoms with Gasteiger partial charge in [0.15, 0.2) is 11.5 Å². The minimum atomic E-state index is 0.697. The SMILES string of the molecule is COc1ccc(C2=Nc3cccc4cccc(c34)N2C)cc1OC. The van der Waals surface area contributed by atoms with Gasteiger partial charge in [0, 0.05) is 18.0 Å². The van der Waals surface area contributed by atoms with E-state index in [-0.39, 0.29) is 0 Å². The fraction of sp³-hybridized carbons (Fsp3) is 0.150. The van der Waals surface area contributed by atoms with Gasteiger partial charge in [-0.2, -0.15) is 0 Å². The molecule has 0 N–H and O–H groups in total. The highest BCUT2D eigenvalue weighted by molar-refractivity contribution is 6.20. The Kier molecular flexibility index (Phi) is 3.38. The maximum Gasteiger partial charge on any atom is 0.161 e. The van der Waals surface area contributed by atoms with Crippen molar-refractivity contribution in [2.75, 3.05) is 26.2 Å². The maximum atomic E-state index is 5.43. The molecule has 0 fully saturated rings. The number of amidine groups is 1. The predicted octanol–water partition coefficient (Wildman–Crippen LogP) is 4.39. The normalized spacial score (nSPS) is 13.0. The summed E-state index contributed by atoms with van der Waals surface area (Å²) in [6.45, 7) is 0. The Morgan fingerprint density at radius 3 is 2.38 bits per heavy atom. The number of benzene rings is 3. The molecule has 0 aromatic heterocycles. The predicted molar refractivity (Wildman–Crippen MR) is 98.1 cm³/mol. The van der Waals surface area contributed by atoms with Crippen molar-refractivity contribution < 1.29 is 9.47 Å². The molecule has 0 spiro atoms. The Labute approximate surface area is 141 Å². The van der Waals surface area contributed by atoms with E-state index in [1.165, 1.54) is 10.8 Å². The molecule has 0 amide bonds. The second-order valence-electron chi connectivity index (χ2n) is 5.72. The van der Waals surface area contributed by atoms with Crippen LogP contribution < -0.4 is 14.4 Å². The van der Waals surface area contributed by atoms with Crippen molar-refractivity contribution in [3.8, 4) is 11.5 Å². The Balaban J connectivity index is 1.91. The van der Waals surface area contributed by atoms with Crippen LogP contribution in [0.1, 0.15) is 5.56 Å². The van der Waals surface area contributed by atoms with Crippen molar-refractivity contribution in [2.45, 2.75) is 0 Å². The van der Waals surface area contributed by atoms with Crippen LogP contribution in [0.3, 0.4) is 0 Å². The van der Waals surface area contributed by atoms with Gasteiger partial charge >= 0.3 is 0 Å². The van der Waals surface area contributed by atoms with Crippen molar-refractivity contribution in [2.24, 2.45) is 4.99 Å².